The van der Waals surface area contributed by atoms with Gasteiger partial charge in [0, 0.05) is 20.2 Å². The third-order valence-corrected chi connectivity index (χ3v) is 2.85. The summed E-state index contributed by atoms with van der Waals surface area (Å²) in [5, 5.41) is 27.1. The van der Waals surface area contributed by atoms with Crippen LogP contribution in [0.3, 0.4) is 0 Å². The Morgan fingerprint density at radius 3 is 2.78 bits per heavy atom. The predicted molar refractivity (Wildman–Crippen MR) is 68.6 cm³/mol. The number of aryl methyl sites for hydroxylation is 2. The molecule has 1 rings (SSSR count). The summed E-state index contributed by atoms with van der Waals surface area (Å²) in [6.45, 7) is 4.51. The smallest absolute Gasteiger partial charge is 0.333 e. The fraction of sp³-hybridized carbons (Fsp3) is 0.727. The van der Waals surface area contributed by atoms with Crippen LogP contribution in [0.15, 0.2) is 0 Å². The average molecular weight is 256 g/mol. The van der Waals surface area contributed by atoms with E-state index in [1.807, 2.05) is 13.8 Å². The number of hydrogen-bond acceptors (Lipinski definition) is 5. The van der Waals surface area contributed by atoms with Crippen molar-refractivity contribution in [2.45, 2.75) is 26.7 Å². The zero-order valence-corrected chi connectivity index (χ0v) is 11.0. The standard InChI is InChI=1S/C11H20N4O3/c1-4-9-10(15(17)18)11(14(3)13-9)12-7-8(2)5-6-16/h8,12,16H,4-7H2,1-3H3. The van der Waals surface area contributed by atoms with Crippen LogP contribution in [0.2, 0.25) is 0 Å². The topological polar surface area (TPSA) is 93.2 Å². The van der Waals surface area contributed by atoms with Crippen molar-refractivity contribution in [3.8, 4) is 0 Å². The quantitative estimate of drug-likeness (QED) is 0.567. The van der Waals surface area contributed by atoms with Gasteiger partial charge >= 0.3 is 5.69 Å². The van der Waals surface area contributed by atoms with Crippen molar-refractivity contribution in [3.05, 3.63) is 15.8 Å². The first kappa shape index (κ1) is 14.4. The zero-order valence-electron chi connectivity index (χ0n) is 11.0. The molecule has 7 heteroatoms. The molecule has 7 nitrogen and oxygen atoms in total. The van der Waals surface area contributed by atoms with Crippen LogP contribution in [0.25, 0.3) is 0 Å². The van der Waals surface area contributed by atoms with Gasteiger partial charge in [-0.3, -0.25) is 10.1 Å². The molecule has 1 unspecified atom stereocenters. The molecule has 0 aliphatic heterocycles. The van der Waals surface area contributed by atoms with E-state index in [1.54, 1.807) is 7.05 Å². The number of nitro groups is 1. The Kier molecular flexibility index (Phi) is 5.08. The summed E-state index contributed by atoms with van der Waals surface area (Å²) in [7, 11) is 1.69. The minimum absolute atomic E-state index is 0.0520. The number of anilines is 1. The van der Waals surface area contributed by atoms with E-state index in [9.17, 15) is 10.1 Å². The van der Waals surface area contributed by atoms with Crippen molar-refractivity contribution in [1.82, 2.24) is 9.78 Å². The Balaban J connectivity index is 2.87. The summed E-state index contributed by atoms with van der Waals surface area (Å²) in [5.41, 5.74) is 0.538. The van der Waals surface area contributed by atoms with Crippen molar-refractivity contribution in [3.63, 3.8) is 0 Å². The summed E-state index contributed by atoms with van der Waals surface area (Å²) in [6, 6.07) is 0. The molecule has 0 saturated heterocycles. The Hall–Kier alpha value is -1.63. The van der Waals surface area contributed by atoms with E-state index in [2.05, 4.69) is 10.4 Å². The third-order valence-electron chi connectivity index (χ3n) is 2.85. The van der Waals surface area contributed by atoms with E-state index >= 15 is 0 Å². The van der Waals surface area contributed by atoms with Gasteiger partial charge in [0.05, 0.1) is 4.92 Å². The van der Waals surface area contributed by atoms with E-state index < -0.39 is 4.92 Å². The van der Waals surface area contributed by atoms with Gasteiger partial charge in [-0.25, -0.2) is 4.68 Å². The molecule has 1 heterocycles. The maximum absolute atomic E-state index is 11.1. The molecule has 0 aliphatic rings. The van der Waals surface area contributed by atoms with Crippen LogP contribution in [-0.4, -0.2) is 33.0 Å². The average Bonchev–Trinajstić information content (AvgIpc) is 2.63. The second-order valence-electron chi connectivity index (χ2n) is 4.38. The molecule has 0 aliphatic carbocycles. The summed E-state index contributed by atoms with van der Waals surface area (Å²) in [5.74, 6) is 0.677. The molecule has 0 bridgehead atoms. The molecule has 1 aromatic rings. The number of nitrogens with zero attached hydrogens (tertiary/aromatic N) is 3. The number of aromatic nitrogens is 2. The van der Waals surface area contributed by atoms with Crippen LogP contribution in [0, 0.1) is 16.0 Å². The predicted octanol–water partition coefficient (Wildman–Crippen LogP) is 1.32. The van der Waals surface area contributed by atoms with E-state index in [4.69, 9.17) is 5.11 Å². The first-order chi connectivity index (χ1) is 8.51. The van der Waals surface area contributed by atoms with Crippen LogP contribution in [0.5, 0.6) is 0 Å². The number of aliphatic hydroxyl groups excluding tert-OH is 1. The van der Waals surface area contributed by atoms with Crippen LogP contribution >= 0.6 is 0 Å². The lowest BCUT2D eigenvalue weighted by Gasteiger charge is -2.11. The first-order valence-corrected chi connectivity index (χ1v) is 6.06. The molecular formula is C11H20N4O3. The molecule has 1 atom stereocenters. The number of hydrogen-bond donors (Lipinski definition) is 2. The third kappa shape index (κ3) is 3.19. The van der Waals surface area contributed by atoms with E-state index in [1.165, 1.54) is 4.68 Å². The lowest BCUT2D eigenvalue weighted by Crippen LogP contribution is -2.15. The fourth-order valence-electron chi connectivity index (χ4n) is 1.79. The molecule has 0 aromatic carbocycles. The van der Waals surface area contributed by atoms with Crippen molar-refractivity contribution in [1.29, 1.82) is 0 Å². The number of aliphatic hydroxyl groups is 1. The Labute approximate surface area is 106 Å². The van der Waals surface area contributed by atoms with Crippen LogP contribution < -0.4 is 5.32 Å². The minimum Gasteiger partial charge on any atom is -0.396 e. The second kappa shape index (κ2) is 6.34. The lowest BCUT2D eigenvalue weighted by atomic mass is 10.1. The summed E-state index contributed by atoms with van der Waals surface area (Å²) in [6.07, 6.45) is 1.19. The maximum atomic E-state index is 11.1. The molecule has 2 N–H and O–H groups in total. The van der Waals surface area contributed by atoms with E-state index in [-0.39, 0.29) is 18.2 Å². The van der Waals surface area contributed by atoms with Crippen molar-refractivity contribution >= 4 is 11.5 Å². The van der Waals surface area contributed by atoms with Gasteiger partial charge in [-0.2, -0.15) is 5.10 Å². The highest BCUT2D eigenvalue weighted by Crippen LogP contribution is 2.28. The monoisotopic (exact) mass is 256 g/mol. The summed E-state index contributed by atoms with van der Waals surface area (Å²) in [4.78, 5) is 10.7. The molecule has 0 fully saturated rings. The molecule has 0 radical (unpaired) electrons. The number of rotatable bonds is 7. The van der Waals surface area contributed by atoms with Gasteiger partial charge in [0.1, 0.15) is 5.69 Å². The first-order valence-electron chi connectivity index (χ1n) is 6.06. The van der Waals surface area contributed by atoms with Gasteiger partial charge in [-0.1, -0.05) is 13.8 Å². The second-order valence-corrected chi connectivity index (χ2v) is 4.38. The molecule has 0 amide bonds. The normalized spacial score (nSPS) is 12.4. The largest absolute Gasteiger partial charge is 0.396 e. The van der Waals surface area contributed by atoms with Gasteiger partial charge < -0.3 is 10.4 Å². The summed E-state index contributed by atoms with van der Waals surface area (Å²) < 4.78 is 1.50. The van der Waals surface area contributed by atoms with Gasteiger partial charge in [0.15, 0.2) is 0 Å². The molecule has 102 valence electrons. The Morgan fingerprint density at radius 2 is 2.28 bits per heavy atom. The molecule has 0 spiro atoms. The van der Waals surface area contributed by atoms with Gasteiger partial charge in [-0.15, -0.1) is 0 Å². The molecular weight excluding hydrogens is 236 g/mol. The SMILES string of the molecule is CCc1nn(C)c(NCC(C)CCO)c1[N+](=O)[O-]. The minimum atomic E-state index is -0.398. The zero-order chi connectivity index (χ0) is 13.7. The summed E-state index contributed by atoms with van der Waals surface area (Å²) >= 11 is 0. The highest BCUT2D eigenvalue weighted by atomic mass is 16.6. The molecule has 0 saturated carbocycles. The van der Waals surface area contributed by atoms with Crippen LogP contribution in [0.1, 0.15) is 26.0 Å². The van der Waals surface area contributed by atoms with Gasteiger partial charge in [0.25, 0.3) is 0 Å². The highest BCUT2D eigenvalue weighted by Gasteiger charge is 2.25. The van der Waals surface area contributed by atoms with Crippen molar-refractivity contribution in [2.75, 3.05) is 18.5 Å². The number of nitrogens with one attached hydrogen (secondary N) is 1. The molecule has 1 aromatic heterocycles. The van der Waals surface area contributed by atoms with E-state index in [0.29, 0.717) is 30.9 Å². The Morgan fingerprint density at radius 1 is 1.61 bits per heavy atom. The van der Waals surface area contributed by atoms with Crippen LogP contribution in [0.4, 0.5) is 11.5 Å². The lowest BCUT2D eigenvalue weighted by molar-refractivity contribution is -0.384. The highest BCUT2D eigenvalue weighted by molar-refractivity contribution is 5.59. The maximum Gasteiger partial charge on any atom is 0.333 e. The molecule has 18 heavy (non-hydrogen) atoms. The van der Waals surface area contributed by atoms with Crippen molar-refractivity contribution < 1.29 is 10.0 Å². The van der Waals surface area contributed by atoms with Crippen LogP contribution in [-0.2, 0) is 13.5 Å². The van der Waals surface area contributed by atoms with Gasteiger partial charge in [-0.05, 0) is 18.8 Å². The fourth-order valence-corrected chi connectivity index (χ4v) is 1.79. The Bertz CT molecular complexity index is 417. The van der Waals surface area contributed by atoms with Gasteiger partial charge in [0.2, 0.25) is 5.82 Å². The van der Waals surface area contributed by atoms with Crippen molar-refractivity contribution in [2.24, 2.45) is 13.0 Å². The van der Waals surface area contributed by atoms with E-state index in [0.717, 1.165) is 0 Å².